The van der Waals surface area contributed by atoms with Gasteiger partial charge in [0.2, 0.25) is 0 Å². The zero-order valence-electron chi connectivity index (χ0n) is 9.63. The number of halogens is 1. The molecule has 1 rings (SSSR count). The smallest absolute Gasteiger partial charge is 0.165 e. The van der Waals surface area contributed by atoms with Crippen LogP contribution in [-0.4, -0.2) is 22.4 Å². The molecule has 0 heterocycles. The quantitative estimate of drug-likeness (QED) is 0.718. The molecule has 0 bridgehead atoms. The molecule has 0 fully saturated rings. The predicted octanol–water partition coefficient (Wildman–Crippen LogP) is 1.78. The molecule has 0 radical (unpaired) electrons. The molecule has 0 saturated heterocycles. The zero-order valence-corrected chi connectivity index (χ0v) is 9.63. The van der Waals surface area contributed by atoms with Gasteiger partial charge in [-0.25, -0.2) is 4.39 Å². The molecule has 0 aromatic heterocycles. The van der Waals surface area contributed by atoms with Crippen LogP contribution in [0.15, 0.2) is 18.2 Å². The Morgan fingerprint density at radius 3 is 2.75 bits per heavy atom. The van der Waals surface area contributed by atoms with E-state index in [-0.39, 0.29) is 5.75 Å². The van der Waals surface area contributed by atoms with Gasteiger partial charge >= 0.3 is 0 Å². The van der Waals surface area contributed by atoms with Crippen molar-refractivity contribution in [2.24, 2.45) is 0 Å². The van der Waals surface area contributed by atoms with E-state index < -0.39 is 11.4 Å². The summed E-state index contributed by atoms with van der Waals surface area (Å²) in [5.74, 6) is -0.951. The van der Waals surface area contributed by atoms with Gasteiger partial charge in [0, 0.05) is 18.7 Å². The molecule has 0 aliphatic carbocycles. The topological polar surface area (TPSA) is 52.5 Å². The van der Waals surface area contributed by atoms with Crippen LogP contribution >= 0.6 is 0 Å². The molecule has 3 nitrogen and oxygen atoms in total. The van der Waals surface area contributed by atoms with Crippen molar-refractivity contribution in [3.05, 3.63) is 29.6 Å². The highest BCUT2D eigenvalue weighted by Gasteiger charge is 2.16. The lowest BCUT2D eigenvalue weighted by Crippen LogP contribution is -2.36. The highest BCUT2D eigenvalue weighted by atomic mass is 19.1. The summed E-state index contributed by atoms with van der Waals surface area (Å²) in [6.07, 6.45) is 0.634. The molecule has 0 amide bonds. The Morgan fingerprint density at radius 1 is 1.44 bits per heavy atom. The van der Waals surface area contributed by atoms with Crippen molar-refractivity contribution in [2.45, 2.75) is 32.4 Å². The maximum atomic E-state index is 13.0. The summed E-state index contributed by atoms with van der Waals surface area (Å²) in [6.45, 7) is 4.35. The summed E-state index contributed by atoms with van der Waals surface area (Å²) in [7, 11) is 0. The van der Waals surface area contributed by atoms with E-state index in [4.69, 9.17) is 0 Å². The second-order valence-electron chi connectivity index (χ2n) is 4.20. The fourth-order valence-electron chi connectivity index (χ4n) is 1.29. The van der Waals surface area contributed by atoms with E-state index >= 15 is 0 Å². The number of phenols is 1. The Bertz CT molecular complexity index is 353. The van der Waals surface area contributed by atoms with Gasteiger partial charge in [-0.3, -0.25) is 0 Å². The maximum absolute atomic E-state index is 13.0. The average Bonchev–Trinajstić information content (AvgIpc) is 2.24. The van der Waals surface area contributed by atoms with Crippen LogP contribution in [0.1, 0.15) is 25.8 Å². The van der Waals surface area contributed by atoms with Crippen LogP contribution in [0.25, 0.3) is 0 Å². The number of phenolic OH excluding ortho intramolecular Hbond substituents is 1. The number of nitrogens with one attached hydrogen (secondary N) is 1. The van der Waals surface area contributed by atoms with E-state index in [1.165, 1.54) is 6.07 Å². The summed E-state index contributed by atoms with van der Waals surface area (Å²) in [6, 6.07) is 4.40. The summed E-state index contributed by atoms with van der Waals surface area (Å²) < 4.78 is 13.0. The number of rotatable bonds is 5. The second-order valence-corrected chi connectivity index (χ2v) is 4.20. The second kappa shape index (κ2) is 5.27. The van der Waals surface area contributed by atoms with E-state index in [1.807, 2.05) is 6.92 Å². The number of benzene rings is 1. The molecule has 0 spiro atoms. The lowest BCUT2D eigenvalue weighted by molar-refractivity contribution is 0.0555. The van der Waals surface area contributed by atoms with Crippen molar-refractivity contribution < 1.29 is 14.6 Å². The van der Waals surface area contributed by atoms with Crippen molar-refractivity contribution in [1.29, 1.82) is 0 Å². The Labute approximate surface area is 94.9 Å². The number of para-hydroxylation sites is 1. The minimum absolute atomic E-state index is 0.328. The molecule has 16 heavy (non-hydrogen) atoms. The highest BCUT2D eigenvalue weighted by Crippen LogP contribution is 2.20. The lowest BCUT2D eigenvalue weighted by atomic mass is 10.0. The van der Waals surface area contributed by atoms with Crippen molar-refractivity contribution in [3.8, 4) is 5.75 Å². The largest absolute Gasteiger partial charge is 0.505 e. The number of aromatic hydroxyl groups is 1. The van der Waals surface area contributed by atoms with Crippen LogP contribution in [-0.2, 0) is 6.54 Å². The summed E-state index contributed by atoms with van der Waals surface area (Å²) in [4.78, 5) is 0. The number of hydrogen-bond acceptors (Lipinski definition) is 3. The molecule has 90 valence electrons. The number of aliphatic hydroxyl groups is 1. The lowest BCUT2D eigenvalue weighted by Gasteiger charge is -2.21. The molecule has 3 N–H and O–H groups in total. The molecule has 0 saturated carbocycles. The van der Waals surface area contributed by atoms with Crippen LogP contribution in [0.3, 0.4) is 0 Å². The van der Waals surface area contributed by atoms with Gasteiger partial charge in [-0.2, -0.15) is 0 Å². The van der Waals surface area contributed by atoms with E-state index in [9.17, 15) is 14.6 Å². The van der Waals surface area contributed by atoms with Gasteiger partial charge in [-0.05, 0) is 19.4 Å². The first kappa shape index (κ1) is 12.9. The van der Waals surface area contributed by atoms with Gasteiger partial charge in [0.15, 0.2) is 11.6 Å². The van der Waals surface area contributed by atoms with E-state index in [0.29, 0.717) is 25.1 Å². The third kappa shape index (κ3) is 3.47. The molecule has 4 heteroatoms. The third-order valence-corrected chi connectivity index (χ3v) is 2.65. The van der Waals surface area contributed by atoms with Gasteiger partial charge in [0.05, 0.1) is 5.60 Å². The van der Waals surface area contributed by atoms with Crippen molar-refractivity contribution >= 4 is 0 Å². The molecule has 0 aliphatic heterocycles. The Kier molecular flexibility index (Phi) is 4.26. The molecule has 1 atom stereocenters. The van der Waals surface area contributed by atoms with Crippen molar-refractivity contribution in [3.63, 3.8) is 0 Å². The first-order valence-electron chi connectivity index (χ1n) is 5.36. The maximum Gasteiger partial charge on any atom is 0.165 e. The summed E-state index contributed by atoms with van der Waals surface area (Å²) >= 11 is 0. The minimum atomic E-state index is -0.775. The van der Waals surface area contributed by atoms with Crippen LogP contribution in [0.5, 0.6) is 5.75 Å². The molecular weight excluding hydrogens is 209 g/mol. The van der Waals surface area contributed by atoms with Crippen LogP contribution in [0.2, 0.25) is 0 Å². The molecule has 1 unspecified atom stereocenters. The van der Waals surface area contributed by atoms with Gasteiger partial charge in [0.25, 0.3) is 0 Å². The minimum Gasteiger partial charge on any atom is -0.505 e. The predicted molar refractivity (Wildman–Crippen MR) is 60.7 cm³/mol. The molecular formula is C12H18FNO2. The van der Waals surface area contributed by atoms with Gasteiger partial charge < -0.3 is 15.5 Å². The van der Waals surface area contributed by atoms with E-state index in [0.717, 1.165) is 0 Å². The highest BCUT2D eigenvalue weighted by molar-refractivity contribution is 5.33. The Balaban J connectivity index is 2.53. The zero-order chi connectivity index (χ0) is 12.2. The van der Waals surface area contributed by atoms with E-state index in [1.54, 1.807) is 19.1 Å². The Morgan fingerprint density at radius 2 is 2.12 bits per heavy atom. The number of hydrogen-bond donors (Lipinski definition) is 3. The van der Waals surface area contributed by atoms with Gasteiger partial charge in [-0.1, -0.05) is 19.1 Å². The third-order valence-electron chi connectivity index (χ3n) is 2.65. The average molecular weight is 227 g/mol. The summed E-state index contributed by atoms with van der Waals surface area (Å²) in [5, 5.41) is 22.1. The normalized spacial score (nSPS) is 14.8. The first-order chi connectivity index (χ1) is 7.46. The molecule has 0 aliphatic rings. The van der Waals surface area contributed by atoms with Crippen molar-refractivity contribution in [1.82, 2.24) is 5.32 Å². The molecule has 1 aromatic rings. The first-order valence-corrected chi connectivity index (χ1v) is 5.36. The van der Waals surface area contributed by atoms with Gasteiger partial charge in [0.1, 0.15) is 0 Å². The fraction of sp³-hybridized carbons (Fsp3) is 0.500. The monoisotopic (exact) mass is 227 g/mol. The van der Waals surface area contributed by atoms with Crippen LogP contribution < -0.4 is 5.32 Å². The SMILES string of the molecule is CCC(C)(O)CNCc1cccc(F)c1O. The fourth-order valence-corrected chi connectivity index (χ4v) is 1.29. The standard InChI is InChI=1S/C12H18FNO2/c1-3-12(2,16)8-14-7-9-5-4-6-10(13)11(9)15/h4-6,14-16H,3,7-8H2,1-2H3. The van der Waals surface area contributed by atoms with Crippen LogP contribution in [0, 0.1) is 5.82 Å². The van der Waals surface area contributed by atoms with Gasteiger partial charge in [-0.15, -0.1) is 0 Å². The van der Waals surface area contributed by atoms with Crippen LogP contribution in [0.4, 0.5) is 4.39 Å². The Hall–Kier alpha value is -1.13. The molecule has 1 aromatic carbocycles. The van der Waals surface area contributed by atoms with Crippen molar-refractivity contribution in [2.75, 3.05) is 6.54 Å². The van der Waals surface area contributed by atoms with E-state index in [2.05, 4.69) is 5.32 Å². The summed E-state index contributed by atoms with van der Waals surface area (Å²) in [5.41, 5.74) is -0.282.